The molecule has 0 unspecified atom stereocenters. The van der Waals surface area contributed by atoms with Crippen molar-refractivity contribution in [3.05, 3.63) is 87.8 Å². The molecule has 8 heteroatoms. The van der Waals surface area contributed by atoms with E-state index in [1.54, 1.807) is 29.8 Å². The zero-order chi connectivity index (χ0) is 25.8. The van der Waals surface area contributed by atoms with Crippen molar-refractivity contribution in [2.45, 2.75) is 52.0 Å². The Morgan fingerprint density at radius 1 is 1.05 bits per heavy atom. The maximum absolute atomic E-state index is 13.5. The Bertz CT molecular complexity index is 1580. The van der Waals surface area contributed by atoms with Gasteiger partial charge < -0.3 is 9.30 Å². The highest BCUT2D eigenvalue weighted by Crippen LogP contribution is 2.24. The lowest BCUT2D eigenvalue weighted by molar-refractivity contribution is -0.122. The smallest absolute Gasteiger partial charge is 0.341 e. The molecule has 5 rings (SSSR count). The van der Waals surface area contributed by atoms with E-state index in [1.165, 1.54) is 10.5 Å². The van der Waals surface area contributed by atoms with Gasteiger partial charge in [-0.3, -0.25) is 14.0 Å². The molecule has 1 amide bonds. The van der Waals surface area contributed by atoms with Crippen molar-refractivity contribution in [3.8, 4) is 0 Å². The second kappa shape index (κ2) is 10.9. The van der Waals surface area contributed by atoms with Crippen molar-refractivity contribution in [1.82, 2.24) is 14.0 Å². The van der Waals surface area contributed by atoms with Crippen LogP contribution in [0, 0.1) is 5.92 Å². The molecular weight excluding hydrogens is 468 g/mol. The van der Waals surface area contributed by atoms with E-state index < -0.39 is 5.97 Å². The molecule has 3 heterocycles. The fourth-order valence-corrected chi connectivity index (χ4v) is 5.00. The number of ether oxygens (including phenoxy) is 1. The number of amides is 1. The molecule has 1 aliphatic carbocycles. The Morgan fingerprint density at radius 3 is 2.57 bits per heavy atom. The molecule has 0 spiro atoms. The van der Waals surface area contributed by atoms with Crippen LogP contribution in [-0.2, 0) is 22.5 Å². The van der Waals surface area contributed by atoms with Crippen LogP contribution in [0.5, 0.6) is 0 Å². The molecule has 1 aliphatic rings. The average Bonchev–Trinajstić information content (AvgIpc) is 2.93. The van der Waals surface area contributed by atoms with E-state index in [-0.39, 0.29) is 40.4 Å². The summed E-state index contributed by atoms with van der Waals surface area (Å²) in [6, 6.07) is 16.7. The first-order chi connectivity index (χ1) is 18.1. The van der Waals surface area contributed by atoms with E-state index in [0.717, 1.165) is 37.7 Å². The van der Waals surface area contributed by atoms with Crippen molar-refractivity contribution in [3.63, 3.8) is 0 Å². The SMILES string of the molecule is CCOC(=O)c1cc2c(=O)n3ccccc3nc2n(CCc2ccccc2)c1=NC(=O)C1CCCCC1. The molecule has 1 fully saturated rings. The largest absolute Gasteiger partial charge is 0.462 e. The second-order valence-corrected chi connectivity index (χ2v) is 9.36. The number of hydrogen-bond donors (Lipinski definition) is 0. The predicted molar refractivity (Wildman–Crippen MR) is 140 cm³/mol. The number of rotatable bonds is 6. The summed E-state index contributed by atoms with van der Waals surface area (Å²) in [4.78, 5) is 49.3. The fraction of sp³-hybridized carbons (Fsp3) is 0.345. The Kier molecular flexibility index (Phi) is 7.25. The van der Waals surface area contributed by atoms with E-state index in [2.05, 4.69) is 4.99 Å². The van der Waals surface area contributed by atoms with E-state index in [9.17, 15) is 14.4 Å². The predicted octanol–water partition coefficient (Wildman–Crippen LogP) is 4.08. The Balaban J connectivity index is 1.79. The van der Waals surface area contributed by atoms with Crippen molar-refractivity contribution in [2.75, 3.05) is 6.61 Å². The van der Waals surface area contributed by atoms with Gasteiger partial charge in [-0.15, -0.1) is 0 Å². The molecule has 0 atom stereocenters. The van der Waals surface area contributed by atoms with Crippen LogP contribution in [0.3, 0.4) is 0 Å². The summed E-state index contributed by atoms with van der Waals surface area (Å²) in [7, 11) is 0. The number of hydrogen-bond acceptors (Lipinski definition) is 5. The van der Waals surface area contributed by atoms with Crippen molar-refractivity contribution in [2.24, 2.45) is 10.9 Å². The molecule has 0 radical (unpaired) electrons. The van der Waals surface area contributed by atoms with E-state index in [1.807, 2.05) is 36.4 Å². The minimum Gasteiger partial charge on any atom is -0.462 e. The highest BCUT2D eigenvalue weighted by Gasteiger charge is 2.24. The van der Waals surface area contributed by atoms with Crippen molar-refractivity contribution in [1.29, 1.82) is 0 Å². The highest BCUT2D eigenvalue weighted by atomic mass is 16.5. The monoisotopic (exact) mass is 498 g/mol. The Labute approximate surface area is 214 Å². The number of pyridine rings is 2. The van der Waals surface area contributed by atoms with E-state index >= 15 is 0 Å². The lowest BCUT2D eigenvalue weighted by atomic mass is 9.89. The van der Waals surface area contributed by atoms with Crippen LogP contribution < -0.4 is 11.0 Å². The van der Waals surface area contributed by atoms with Gasteiger partial charge in [0.15, 0.2) is 5.49 Å². The van der Waals surface area contributed by atoms with Crippen LogP contribution in [0.25, 0.3) is 16.7 Å². The van der Waals surface area contributed by atoms with E-state index in [0.29, 0.717) is 24.3 Å². The van der Waals surface area contributed by atoms with Gasteiger partial charge >= 0.3 is 5.97 Å². The normalized spacial score (nSPS) is 14.8. The number of fused-ring (bicyclic) bond motifs is 2. The van der Waals surface area contributed by atoms with Crippen LogP contribution >= 0.6 is 0 Å². The van der Waals surface area contributed by atoms with Gasteiger partial charge in [-0.25, -0.2) is 9.78 Å². The topological polar surface area (TPSA) is 95.0 Å². The van der Waals surface area contributed by atoms with Crippen molar-refractivity contribution < 1.29 is 14.3 Å². The van der Waals surface area contributed by atoms with Crippen LogP contribution in [0.4, 0.5) is 0 Å². The number of nitrogens with zero attached hydrogens (tertiary/aromatic N) is 4. The van der Waals surface area contributed by atoms with Gasteiger partial charge in [0.25, 0.3) is 11.5 Å². The first kappa shape index (κ1) is 24.6. The van der Waals surface area contributed by atoms with Gasteiger partial charge in [0.2, 0.25) is 0 Å². The zero-order valence-electron chi connectivity index (χ0n) is 20.9. The van der Waals surface area contributed by atoms with Gasteiger partial charge in [-0.1, -0.05) is 55.7 Å². The van der Waals surface area contributed by atoms with Gasteiger partial charge in [-0.2, -0.15) is 4.99 Å². The first-order valence-corrected chi connectivity index (χ1v) is 12.9. The minimum absolute atomic E-state index is 0.0985. The molecule has 37 heavy (non-hydrogen) atoms. The number of carbonyl (C=O) groups excluding carboxylic acids is 2. The molecule has 8 nitrogen and oxygen atoms in total. The maximum Gasteiger partial charge on any atom is 0.341 e. The molecule has 0 aliphatic heterocycles. The quantitative estimate of drug-likeness (QED) is 0.295. The van der Waals surface area contributed by atoms with Crippen LogP contribution in [0.15, 0.2) is 70.6 Å². The fourth-order valence-electron chi connectivity index (χ4n) is 5.00. The van der Waals surface area contributed by atoms with Gasteiger partial charge in [-0.05, 0) is 49.9 Å². The molecule has 0 bridgehead atoms. The summed E-state index contributed by atoms with van der Waals surface area (Å²) in [5.41, 5.74) is 1.93. The summed E-state index contributed by atoms with van der Waals surface area (Å²) < 4.78 is 8.52. The molecule has 0 saturated heterocycles. The second-order valence-electron chi connectivity index (χ2n) is 9.36. The summed E-state index contributed by atoms with van der Waals surface area (Å²) >= 11 is 0. The van der Waals surface area contributed by atoms with Crippen molar-refractivity contribution >= 4 is 28.6 Å². The van der Waals surface area contributed by atoms with E-state index in [4.69, 9.17) is 9.72 Å². The number of esters is 1. The third-order valence-electron chi connectivity index (χ3n) is 6.92. The van der Waals surface area contributed by atoms with Crippen LogP contribution in [0.1, 0.15) is 54.9 Å². The summed E-state index contributed by atoms with van der Waals surface area (Å²) in [5, 5.41) is 0.267. The molecule has 1 aromatic carbocycles. The van der Waals surface area contributed by atoms with Gasteiger partial charge in [0.05, 0.1) is 12.0 Å². The standard InChI is InChI=1S/C29H30N4O4/c1-2-37-29(36)23-19-22-25(30-24-15-9-10-17-32(24)28(22)35)33(18-16-20-11-5-3-6-12-20)26(23)31-27(34)21-13-7-4-8-14-21/h3,5-6,9-12,15,17,19,21H,2,4,7-8,13-14,16,18H2,1H3. The van der Waals surface area contributed by atoms with Crippen LogP contribution in [0.2, 0.25) is 0 Å². The third-order valence-corrected chi connectivity index (χ3v) is 6.92. The average molecular weight is 499 g/mol. The number of aryl methyl sites for hydroxylation is 2. The lowest BCUT2D eigenvalue weighted by Crippen LogP contribution is -2.34. The molecule has 1 saturated carbocycles. The third kappa shape index (κ3) is 5.09. The summed E-state index contributed by atoms with van der Waals surface area (Å²) in [5.74, 6) is -1.03. The summed E-state index contributed by atoms with van der Waals surface area (Å²) in [6.45, 7) is 2.25. The molecule has 0 N–H and O–H groups in total. The number of carbonyl (C=O) groups is 2. The molecule has 190 valence electrons. The molecular formula is C29H30N4O4. The first-order valence-electron chi connectivity index (χ1n) is 12.9. The van der Waals surface area contributed by atoms with Gasteiger partial charge in [0.1, 0.15) is 16.9 Å². The lowest BCUT2D eigenvalue weighted by Gasteiger charge is -2.19. The molecule has 4 aromatic rings. The zero-order valence-corrected chi connectivity index (χ0v) is 20.9. The Morgan fingerprint density at radius 2 is 1.81 bits per heavy atom. The summed E-state index contributed by atoms with van der Waals surface area (Å²) in [6.07, 6.45) is 6.93. The highest BCUT2D eigenvalue weighted by molar-refractivity contribution is 5.93. The maximum atomic E-state index is 13.5. The minimum atomic E-state index is -0.620. The van der Waals surface area contributed by atoms with Crippen LogP contribution in [-0.4, -0.2) is 32.4 Å². The molecule has 3 aromatic heterocycles. The Hall–Kier alpha value is -4.07. The van der Waals surface area contributed by atoms with Gasteiger partial charge in [0, 0.05) is 18.7 Å². The number of aromatic nitrogens is 3. The number of benzene rings is 1.